The molecule has 0 atom stereocenters. The summed E-state index contributed by atoms with van der Waals surface area (Å²) in [6.45, 7) is 0.381. The minimum absolute atomic E-state index is 0.227. The number of benzene rings is 1. The maximum Gasteiger partial charge on any atom is 0.338 e. The molecule has 1 aliphatic heterocycles. The second kappa shape index (κ2) is 3.17. The van der Waals surface area contributed by atoms with Crippen molar-refractivity contribution in [3.05, 3.63) is 40.8 Å². The van der Waals surface area contributed by atoms with E-state index < -0.39 is 0 Å². The first-order chi connectivity index (χ1) is 7.34. The topological polar surface area (TPSA) is 39.2 Å². The van der Waals surface area contributed by atoms with Gasteiger partial charge in [-0.2, -0.15) is 4.37 Å². The van der Waals surface area contributed by atoms with Crippen molar-refractivity contribution in [1.29, 1.82) is 0 Å². The fourth-order valence-electron chi connectivity index (χ4n) is 1.65. The first-order valence-electron chi connectivity index (χ1n) is 4.55. The van der Waals surface area contributed by atoms with Gasteiger partial charge in [0.25, 0.3) is 0 Å². The van der Waals surface area contributed by atoms with Crippen LogP contribution in [-0.4, -0.2) is 10.3 Å². The van der Waals surface area contributed by atoms with Gasteiger partial charge in [-0.15, -0.1) is 0 Å². The number of cyclic esters (lactones) is 1. The highest BCUT2D eigenvalue weighted by Gasteiger charge is 2.21. The van der Waals surface area contributed by atoms with E-state index >= 15 is 0 Å². The zero-order valence-corrected chi connectivity index (χ0v) is 8.58. The smallest absolute Gasteiger partial charge is 0.338 e. The van der Waals surface area contributed by atoms with Crippen LogP contribution in [0.5, 0.6) is 0 Å². The van der Waals surface area contributed by atoms with Crippen LogP contribution in [0.3, 0.4) is 0 Å². The molecule has 0 saturated carbocycles. The number of rotatable bonds is 1. The first kappa shape index (κ1) is 8.61. The molecule has 0 saturated heterocycles. The minimum atomic E-state index is -0.227. The van der Waals surface area contributed by atoms with Crippen molar-refractivity contribution in [2.24, 2.45) is 0 Å². The van der Waals surface area contributed by atoms with Gasteiger partial charge in [0.1, 0.15) is 6.61 Å². The fourth-order valence-corrected chi connectivity index (χ4v) is 2.18. The van der Waals surface area contributed by atoms with E-state index in [1.807, 2.05) is 23.6 Å². The quantitative estimate of drug-likeness (QED) is 0.689. The number of nitrogens with zero attached hydrogens (tertiary/aromatic N) is 1. The molecule has 1 aliphatic rings. The van der Waals surface area contributed by atoms with E-state index in [0.29, 0.717) is 12.2 Å². The molecule has 4 heteroatoms. The summed E-state index contributed by atoms with van der Waals surface area (Å²) in [6.07, 6.45) is 0. The van der Waals surface area contributed by atoms with Crippen LogP contribution >= 0.6 is 11.5 Å². The number of hydrogen-bond donors (Lipinski definition) is 0. The summed E-state index contributed by atoms with van der Waals surface area (Å²) in [4.78, 5) is 11.2. The predicted octanol–water partition coefficient (Wildman–Crippen LogP) is 2.48. The predicted molar refractivity (Wildman–Crippen MR) is 56.7 cm³/mol. The number of hydrogen-bond acceptors (Lipinski definition) is 4. The largest absolute Gasteiger partial charge is 0.457 e. The maximum atomic E-state index is 11.2. The summed E-state index contributed by atoms with van der Waals surface area (Å²) in [5.74, 6) is -0.227. The van der Waals surface area contributed by atoms with Crippen LogP contribution in [0, 0.1) is 0 Å². The molecule has 2 aromatic rings. The van der Waals surface area contributed by atoms with Gasteiger partial charge < -0.3 is 4.74 Å². The molecule has 3 nitrogen and oxygen atoms in total. The highest BCUT2D eigenvalue weighted by Crippen LogP contribution is 2.26. The lowest BCUT2D eigenvalue weighted by molar-refractivity contribution is 0.0535. The zero-order valence-electron chi connectivity index (χ0n) is 7.77. The second-order valence-electron chi connectivity index (χ2n) is 3.33. The Morgan fingerprint density at radius 3 is 3.07 bits per heavy atom. The standard InChI is InChI=1S/C11H7NO2S/c13-11-9-2-1-7(5-8(9)6-14-11)10-3-4-15-12-10/h1-5H,6H2. The van der Waals surface area contributed by atoms with Crippen LogP contribution in [0.25, 0.3) is 11.3 Å². The van der Waals surface area contributed by atoms with Crippen LogP contribution in [0.2, 0.25) is 0 Å². The Bertz CT molecular complexity index is 519. The van der Waals surface area contributed by atoms with Gasteiger partial charge in [-0.3, -0.25) is 0 Å². The van der Waals surface area contributed by atoms with Crippen LogP contribution in [0.4, 0.5) is 0 Å². The van der Waals surface area contributed by atoms with Crippen LogP contribution in [0.15, 0.2) is 29.6 Å². The monoisotopic (exact) mass is 217 g/mol. The first-order valence-corrected chi connectivity index (χ1v) is 5.39. The SMILES string of the molecule is O=C1OCc2cc(-c3ccsn3)ccc21. The van der Waals surface area contributed by atoms with Crippen LogP contribution < -0.4 is 0 Å². The maximum absolute atomic E-state index is 11.2. The van der Waals surface area contributed by atoms with Crippen molar-refractivity contribution >= 4 is 17.5 Å². The lowest BCUT2D eigenvalue weighted by atomic mass is 10.0. The Labute approximate surface area is 90.5 Å². The Morgan fingerprint density at radius 1 is 1.33 bits per heavy atom. The molecule has 2 heterocycles. The minimum Gasteiger partial charge on any atom is -0.457 e. The van der Waals surface area contributed by atoms with E-state index in [4.69, 9.17) is 4.74 Å². The van der Waals surface area contributed by atoms with Crippen molar-refractivity contribution < 1.29 is 9.53 Å². The third kappa shape index (κ3) is 1.34. The van der Waals surface area contributed by atoms with E-state index in [0.717, 1.165) is 16.8 Å². The normalized spacial score (nSPS) is 13.7. The van der Waals surface area contributed by atoms with E-state index in [-0.39, 0.29) is 5.97 Å². The fraction of sp³-hybridized carbons (Fsp3) is 0.0909. The Balaban J connectivity index is 2.11. The molecule has 74 valence electrons. The van der Waals surface area contributed by atoms with Crippen molar-refractivity contribution in [3.8, 4) is 11.3 Å². The van der Waals surface area contributed by atoms with Gasteiger partial charge in [0.2, 0.25) is 0 Å². The molecule has 0 unspecified atom stereocenters. The van der Waals surface area contributed by atoms with Gasteiger partial charge in [-0.05, 0) is 29.7 Å². The molecule has 3 rings (SSSR count). The molecule has 0 bridgehead atoms. The van der Waals surface area contributed by atoms with Gasteiger partial charge in [-0.1, -0.05) is 6.07 Å². The average Bonchev–Trinajstić information content (AvgIpc) is 2.88. The van der Waals surface area contributed by atoms with Crippen LogP contribution in [-0.2, 0) is 11.3 Å². The highest BCUT2D eigenvalue weighted by molar-refractivity contribution is 7.03. The molecule has 1 aromatic heterocycles. The molecular weight excluding hydrogens is 210 g/mol. The molecule has 0 radical (unpaired) electrons. The third-order valence-electron chi connectivity index (χ3n) is 2.42. The molecule has 0 aliphatic carbocycles. The van der Waals surface area contributed by atoms with Crippen molar-refractivity contribution in [2.75, 3.05) is 0 Å². The summed E-state index contributed by atoms with van der Waals surface area (Å²) in [5, 5.41) is 1.93. The number of aromatic nitrogens is 1. The van der Waals surface area contributed by atoms with Crippen molar-refractivity contribution in [1.82, 2.24) is 4.37 Å². The Hall–Kier alpha value is -1.68. The number of fused-ring (bicyclic) bond motifs is 1. The third-order valence-corrected chi connectivity index (χ3v) is 2.98. The molecule has 0 spiro atoms. The molecule has 0 N–H and O–H groups in total. The van der Waals surface area contributed by atoms with Crippen LogP contribution in [0.1, 0.15) is 15.9 Å². The molecule has 0 fully saturated rings. The lowest BCUT2D eigenvalue weighted by Crippen LogP contribution is -1.92. The number of esters is 1. The molecule has 15 heavy (non-hydrogen) atoms. The summed E-state index contributed by atoms with van der Waals surface area (Å²) < 4.78 is 9.19. The Kier molecular flexibility index (Phi) is 1.82. The van der Waals surface area contributed by atoms with Crippen molar-refractivity contribution in [3.63, 3.8) is 0 Å². The van der Waals surface area contributed by atoms with E-state index in [9.17, 15) is 4.79 Å². The molecular formula is C11H7NO2S. The zero-order chi connectivity index (χ0) is 10.3. The van der Waals surface area contributed by atoms with Gasteiger partial charge >= 0.3 is 5.97 Å². The van der Waals surface area contributed by atoms with E-state index in [1.54, 1.807) is 6.07 Å². The van der Waals surface area contributed by atoms with E-state index in [1.165, 1.54) is 11.5 Å². The van der Waals surface area contributed by atoms with Gasteiger partial charge in [0.15, 0.2) is 0 Å². The second-order valence-corrected chi connectivity index (χ2v) is 4.00. The summed E-state index contributed by atoms with van der Waals surface area (Å²) in [5.41, 5.74) is 3.61. The molecule has 1 aromatic carbocycles. The summed E-state index contributed by atoms with van der Waals surface area (Å²) in [6, 6.07) is 7.64. The van der Waals surface area contributed by atoms with Gasteiger partial charge in [0, 0.05) is 16.5 Å². The van der Waals surface area contributed by atoms with Gasteiger partial charge in [0.05, 0.1) is 11.3 Å². The average molecular weight is 217 g/mol. The van der Waals surface area contributed by atoms with Crippen molar-refractivity contribution in [2.45, 2.75) is 6.61 Å². The van der Waals surface area contributed by atoms with Gasteiger partial charge in [-0.25, -0.2) is 4.79 Å². The number of carbonyl (C=O) groups is 1. The summed E-state index contributed by atoms with van der Waals surface area (Å²) >= 11 is 1.42. The van der Waals surface area contributed by atoms with E-state index in [2.05, 4.69) is 4.37 Å². The number of ether oxygens (including phenoxy) is 1. The highest BCUT2D eigenvalue weighted by atomic mass is 32.1. The number of carbonyl (C=O) groups excluding carboxylic acids is 1. The summed E-state index contributed by atoms with van der Waals surface area (Å²) in [7, 11) is 0. The lowest BCUT2D eigenvalue weighted by Gasteiger charge is -1.98. The molecule has 0 amide bonds. The Morgan fingerprint density at radius 2 is 2.27 bits per heavy atom.